The summed E-state index contributed by atoms with van der Waals surface area (Å²) in [6.45, 7) is 9.37. The quantitative estimate of drug-likeness (QED) is 0.599. The second-order valence-electron chi connectivity index (χ2n) is 8.53. The van der Waals surface area contributed by atoms with Crippen LogP contribution in [0.3, 0.4) is 0 Å². The maximum Gasteiger partial charge on any atom is 0.251 e. The van der Waals surface area contributed by atoms with Crippen LogP contribution in [0.1, 0.15) is 36.7 Å². The second-order valence-corrected chi connectivity index (χ2v) is 8.53. The largest absolute Gasteiger partial charge is 0.370 e. The number of hydrogen-bond acceptors (Lipinski definition) is 3. The molecule has 0 aromatic heterocycles. The van der Waals surface area contributed by atoms with Crippen LogP contribution in [0.25, 0.3) is 0 Å². The lowest BCUT2D eigenvalue weighted by Gasteiger charge is -2.36. The number of rotatable bonds is 4. The molecule has 3 rings (SSSR count). The van der Waals surface area contributed by atoms with Gasteiger partial charge in [0.05, 0.1) is 6.54 Å². The van der Waals surface area contributed by atoms with E-state index in [9.17, 15) is 9.18 Å². The summed E-state index contributed by atoms with van der Waals surface area (Å²) >= 11 is 0. The number of anilines is 1. The van der Waals surface area contributed by atoms with E-state index >= 15 is 0 Å². The van der Waals surface area contributed by atoms with E-state index in [0.717, 1.165) is 37.4 Å². The SMILES string of the molecule is CC(C)(C)NC(=O)c1cccc(CN=C(N)N2CCN(c3ccc(F)cc3)CC2)c1. The molecule has 0 aliphatic carbocycles. The topological polar surface area (TPSA) is 74.0 Å². The summed E-state index contributed by atoms with van der Waals surface area (Å²) in [5.74, 6) is 0.172. The zero-order chi connectivity index (χ0) is 21.7. The molecule has 0 spiro atoms. The Morgan fingerprint density at radius 3 is 2.40 bits per heavy atom. The highest BCUT2D eigenvalue weighted by Gasteiger charge is 2.19. The van der Waals surface area contributed by atoms with Crippen molar-refractivity contribution in [2.45, 2.75) is 32.9 Å². The van der Waals surface area contributed by atoms with Gasteiger partial charge in [-0.3, -0.25) is 4.79 Å². The van der Waals surface area contributed by atoms with Gasteiger partial charge in [-0.15, -0.1) is 0 Å². The number of carbonyl (C=O) groups excluding carboxylic acids is 1. The van der Waals surface area contributed by atoms with Gasteiger partial charge in [0.1, 0.15) is 5.82 Å². The first-order chi connectivity index (χ1) is 14.2. The van der Waals surface area contributed by atoms with E-state index in [1.54, 1.807) is 18.2 Å². The van der Waals surface area contributed by atoms with Crippen LogP contribution in [-0.2, 0) is 6.54 Å². The molecule has 2 aromatic carbocycles. The molecule has 0 saturated carbocycles. The molecule has 1 saturated heterocycles. The van der Waals surface area contributed by atoms with Crippen LogP contribution < -0.4 is 16.0 Å². The van der Waals surface area contributed by atoms with Crippen molar-refractivity contribution in [1.82, 2.24) is 10.2 Å². The fourth-order valence-corrected chi connectivity index (χ4v) is 3.34. The Hall–Kier alpha value is -3.09. The highest BCUT2D eigenvalue weighted by molar-refractivity contribution is 5.94. The number of hydrogen-bond donors (Lipinski definition) is 2. The number of carbonyl (C=O) groups is 1. The minimum atomic E-state index is -0.286. The maximum atomic E-state index is 13.1. The average molecular weight is 412 g/mol. The third kappa shape index (κ3) is 5.95. The van der Waals surface area contributed by atoms with Gasteiger partial charge in [0.15, 0.2) is 5.96 Å². The van der Waals surface area contributed by atoms with Crippen molar-refractivity contribution >= 4 is 17.6 Å². The lowest BCUT2D eigenvalue weighted by atomic mass is 10.1. The minimum Gasteiger partial charge on any atom is -0.370 e. The molecule has 160 valence electrons. The lowest BCUT2D eigenvalue weighted by molar-refractivity contribution is 0.0919. The first-order valence-corrected chi connectivity index (χ1v) is 10.2. The van der Waals surface area contributed by atoms with Gasteiger partial charge >= 0.3 is 0 Å². The monoisotopic (exact) mass is 411 g/mol. The predicted molar refractivity (Wildman–Crippen MR) is 119 cm³/mol. The van der Waals surface area contributed by atoms with Crippen molar-refractivity contribution in [2.75, 3.05) is 31.1 Å². The van der Waals surface area contributed by atoms with Gasteiger partial charge in [-0.25, -0.2) is 9.38 Å². The Labute approximate surface area is 177 Å². The fraction of sp³-hybridized carbons (Fsp3) is 0.391. The number of halogens is 1. The Balaban J connectivity index is 1.56. The Kier molecular flexibility index (Phi) is 6.59. The van der Waals surface area contributed by atoms with Crippen molar-refractivity contribution in [1.29, 1.82) is 0 Å². The van der Waals surface area contributed by atoms with Gasteiger partial charge in [0, 0.05) is 43.0 Å². The highest BCUT2D eigenvalue weighted by Crippen LogP contribution is 2.17. The Morgan fingerprint density at radius 2 is 1.77 bits per heavy atom. The molecule has 6 nitrogen and oxygen atoms in total. The average Bonchev–Trinajstić information content (AvgIpc) is 2.72. The summed E-state index contributed by atoms with van der Waals surface area (Å²) in [7, 11) is 0. The third-order valence-corrected chi connectivity index (χ3v) is 4.90. The van der Waals surface area contributed by atoms with Crippen LogP contribution in [0.5, 0.6) is 0 Å². The van der Waals surface area contributed by atoms with E-state index in [1.165, 1.54) is 12.1 Å². The van der Waals surface area contributed by atoms with Crippen molar-refractivity contribution in [3.8, 4) is 0 Å². The number of aliphatic imine (C=N–C) groups is 1. The molecule has 1 aliphatic rings. The van der Waals surface area contributed by atoms with E-state index < -0.39 is 0 Å². The van der Waals surface area contributed by atoms with Crippen molar-refractivity contribution in [2.24, 2.45) is 10.7 Å². The van der Waals surface area contributed by atoms with E-state index in [1.807, 2.05) is 39.0 Å². The molecule has 1 aliphatic heterocycles. The number of nitrogens with zero attached hydrogens (tertiary/aromatic N) is 3. The lowest BCUT2D eigenvalue weighted by Crippen LogP contribution is -2.51. The fourth-order valence-electron chi connectivity index (χ4n) is 3.34. The normalized spacial score (nSPS) is 15.3. The molecule has 2 aromatic rings. The van der Waals surface area contributed by atoms with E-state index in [-0.39, 0.29) is 17.3 Å². The molecule has 1 amide bonds. The van der Waals surface area contributed by atoms with Crippen molar-refractivity contribution in [3.63, 3.8) is 0 Å². The number of benzene rings is 2. The molecule has 0 atom stereocenters. The predicted octanol–water partition coefficient (Wildman–Crippen LogP) is 2.99. The molecule has 0 radical (unpaired) electrons. The number of guanidine groups is 1. The van der Waals surface area contributed by atoms with Crippen molar-refractivity contribution < 1.29 is 9.18 Å². The minimum absolute atomic E-state index is 0.0989. The van der Waals surface area contributed by atoms with Crippen LogP contribution in [0.15, 0.2) is 53.5 Å². The number of piperazine rings is 1. The zero-order valence-electron chi connectivity index (χ0n) is 17.9. The second kappa shape index (κ2) is 9.15. The maximum absolute atomic E-state index is 13.1. The summed E-state index contributed by atoms with van der Waals surface area (Å²) in [6, 6.07) is 14.0. The standard InChI is InChI=1S/C23H30FN5O/c1-23(2,3)27-21(30)18-6-4-5-17(15-18)16-26-22(25)29-13-11-28(12-14-29)20-9-7-19(24)8-10-20/h4-10,15H,11-14,16H2,1-3H3,(H2,25,26)(H,27,30). The van der Waals surface area contributed by atoms with Crippen LogP contribution in [0.2, 0.25) is 0 Å². The van der Waals surface area contributed by atoms with Crippen LogP contribution in [-0.4, -0.2) is 48.5 Å². The number of nitrogens with one attached hydrogen (secondary N) is 1. The summed E-state index contributed by atoms with van der Waals surface area (Å²) in [6.07, 6.45) is 0. The van der Waals surface area contributed by atoms with Crippen molar-refractivity contribution in [3.05, 3.63) is 65.5 Å². The molecule has 30 heavy (non-hydrogen) atoms. The summed E-state index contributed by atoms with van der Waals surface area (Å²) in [4.78, 5) is 21.1. The van der Waals surface area contributed by atoms with E-state index in [4.69, 9.17) is 5.73 Å². The molecule has 7 heteroatoms. The van der Waals surface area contributed by atoms with Gasteiger partial charge in [-0.2, -0.15) is 0 Å². The smallest absolute Gasteiger partial charge is 0.251 e. The molecule has 1 heterocycles. The van der Waals surface area contributed by atoms with Crippen LogP contribution in [0.4, 0.5) is 10.1 Å². The summed E-state index contributed by atoms with van der Waals surface area (Å²) < 4.78 is 13.1. The Bertz CT molecular complexity index is 897. The number of nitrogens with two attached hydrogens (primary N) is 1. The zero-order valence-corrected chi connectivity index (χ0v) is 17.9. The molecule has 1 fully saturated rings. The highest BCUT2D eigenvalue weighted by atomic mass is 19.1. The molecular weight excluding hydrogens is 381 g/mol. The van der Waals surface area contributed by atoms with Gasteiger partial charge in [-0.05, 0) is 62.7 Å². The first kappa shape index (κ1) is 21.6. The summed E-state index contributed by atoms with van der Waals surface area (Å²) in [5, 5.41) is 2.97. The van der Waals surface area contributed by atoms with Gasteiger partial charge in [0.2, 0.25) is 0 Å². The Morgan fingerprint density at radius 1 is 1.10 bits per heavy atom. The molecule has 0 bridgehead atoms. The van der Waals surface area contributed by atoms with E-state index in [2.05, 4.69) is 20.1 Å². The molecule has 3 N–H and O–H groups in total. The summed E-state index contributed by atoms with van der Waals surface area (Å²) in [5.41, 5.74) is 8.48. The van der Waals surface area contributed by atoms with Gasteiger partial charge < -0.3 is 20.9 Å². The van der Waals surface area contributed by atoms with Gasteiger partial charge in [-0.1, -0.05) is 12.1 Å². The van der Waals surface area contributed by atoms with E-state index in [0.29, 0.717) is 18.1 Å². The van der Waals surface area contributed by atoms with Gasteiger partial charge in [0.25, 0.3) is 5.91 Å². The molecular formula is C23H30FN5O. The van der Waals surface area contributed by atoms with Crippen LogP contribution in [0, 0.1) is 5.82 Å². The molecule has 0 unspecified atom stereocenters. The third-order valence-electron chi connectivity index (χ3n) is 4.90. The first-order valence-electron chi connectivity index (χ1n) is 10.2. The number of amides is 1. The van der Waals surface area contributed by atoms with Crippen LogP contribution >= 0.6 is 0 Å².